The van der Waals surface area contributed by atoms with Gasteiger partial charge in [-0.25, -0.2) is 8.42 Å². The number of alkyl halides is 3. The minimum absolute atomic E-state index is 0.0958. The lowest BCUT2D eigenvalue weighted by Gasteiger charge is -2.15. The molecular formula is C13H8Br2F3NO3S. The topological polar surface area (TPSA) is 55.4 Å². The highest BCUT2D eigenvalue weighted by Gasteiger charge is 2.32. The molecule has 23 heavy (non-hydrogen) atoms. The molecule has 1 N–H and O–H groups in total. The van der Waals surface area contributed by atoms with Crippen LogP contribution < -0.4 is 9.46 Å². The molecule has 0 aromatic heterocycles. The standard InChI is InChI=1S/C13H8Br2F3NO3S/c14-8-1-4-10(5-2-8)23(20,21)19-11-6-3-9(15)7-12(11)22-13(16,17)18/h1-7,19H. The maximum Gasteiger partial charge on any atom is 0.573 e. The Morgan fingerprint density at radius 3 is 2.09 bits per heavy atom. The molecule has 2 rings (SSSR count). The van der Waals surface area contributed by atoms with Crippen LogP contribution in [0.3, 0.4) is 0 Å². The van der Waals surface area contributed by atoms with E-state index in [9.17, 15) is 21.6 Å². The normalized spacial score (nSPS) is 12.0. The van der Waals surface area contributed by atoms with Crippen LogP contribution in [0, 0.1) is 0 Å². The van der Waals surface area contributed by atoms with E-state index in [1.54, 1.807) is 0 Å². The van der Waals surface area contributed by atoms with Crippen molar-refractivity contribution in [2.45, 2.75) is 11.3 Å². The Morgan fingerprint density at radius 1 is 0.957 bits per heavy atom. The Labute approximate surface area is 147 Å². The zero-order valence-electron chi connectivity index (χ0n) is 11.1. The summed E-state index contributed by atoms with van der Waals surface area (Å²) in [7, 11) is -4.05. The van der Waals surface area contributed by atoms with Gasteiger partial charge in [-0.05, 0) is 42.5 Å². The van der Waals surface area contributed by atoms with Crippen molar-refractivity contribution in [1.29, 1.82) is 0 Å². The van der Waals surface area contributed by atoms with Crippen LogP contribution in [0.5, 0.6) is 5.75 Å². The van der Waals surface area contributed by atoms with Gasteiger partial charge in [0, 0.05) is 8.95 Å². The largest absolute Gasteiger partial charge is 0.573 e. The van der Waals surface area contributed by atoms with Crippen LogP contribution in [-0.4, -0.2) is 14.8 Å². The molecule has 124 valence electrons. The summed E-state index contributed by atoms with van der Waals surface area (Å²) in [6.07, 6.45) is -4.95. The molecule has 0 saturated carbocycles. The molecule has 0 aliphatic rings. The summed E-state index contributed by atoms with van der Waals surface area (Å²) < 4.78 is 68.7. The molecule has 10 heteroatoms. The van der Waals surface area contributed by atoms with E-state index in [0.717, 1.165) is 6.07 Å². The molecule has 0 bridgehead atoms. The molecule has 0 unspecified atom stereocenters. The highest BCUT2D eigenvalue weighted by Crippen LogP contribution is 2.34. The predicted molar refractivity (Wildman–Crippen MR) is 85.8 cm³/mol. The summed E-state index contributed by atoms with van der Waals surface area (Å²) >= 11 is 6.17. The summed E-state index contributed by atoms with van der Waals surface area (Å²) in [5.74, 6) is -0.660. The number of sulfonamides is 1. The van der Waals surface area contributed by atoms with Crippen molar-refractivity contribution in [2.75, 3.05) is 4.72 Å². The van der Waals surface area contributed by atoms with Crippen LogP contribution in [0.2, 0.25) is 0 Å². The third kappa shape index (κ3) is 5.11. The Morgan fingerprint density at radius 2 is 1.52 bits per heavy atom. The lowest BCUT2D eigenvalue weighted by Crippen LogP contribution is -2.19. The number of nitrogens with one attached hydrogen (secondary N) is 1. The average Bonchev–Trinajstić information content (AvgIpc) is 2.40. The van der Waals surface area contributed by atoms with Gasteiger partial charge in [-0.15, -0.1) is 13.2 Å². The van der Waals surface area contributed by atoms with Crippen LogP contribution in [0.4, 0.5) is 18.9 Å². The summed E-state index contributed by atoms with van der Waals surface area (Å²) in [6.45, 7) is 0. The van der Waals surface area contributed by atoms with Crippen molar-refractivity contribution < 1.29 is 26.3 Å². The molecule has 0 heterocycles. The Hall–Kier alpha value is -1.26. The molecule has 0 fully saturated rings. The van der Waals surface area contributed by atoms with Crippen molar-refractivity contribution >= 4 is 47.6 Å². The maximum atomic E-state index is 12.4. The highest BCUT2D eigenvalue weighted by molar-refractivity contribution is 9.10. The van der Waals surface area contributed by atoms with Crippen LogP contribution in [0.25, 0.3) is 0 Å². The van der Waals surface area contributed by atoms with Crippen LogP contribution >= 0.6 is 31.9 Å². The fraction of sp³-hybridized carbons (Fsp3) is 0.0769. The quantitative estimate of drug-likeness (QED) is 0.684. The second kappa shape index (κ2) is 6.70. The molecule has 0 saturated heterocycles. The number of ether oxygens (including phenoxy) is 1. The molecule has 0 radical (unpaired) electrons. The number of halogens is 5. The van der Waals surface area contributed by atoms with Gasteiger partial charge in [-0.3, -0.25) is 4.72 Å². The fourth-order valence-electron chi connectivity index (χ4n) is 1.61. The first-order valence-corrected chi connectivity index (χ1v) is 8.97. The van der Waals surface area contributed by atoms with Gasteiger partial charge in [0.2, 0.25) is 0 Å². The van der Waals surface area contributed by atoms with Crippen molar-refractivity contribution in [3.8, 4) is 5.75 Å². The summed E-state index contributed by atoms with van der Waals surface area (Å²) in [4.78, 5) is -0.0958. The molecule has 4 nitrogen and oxygen atoms in total. The number of rotatable bonds is 4. The van der Waals surface area contributed by atoms with E-state index in [1.807, 2.05) is 0 Å². The third-order valence-electron chi connectivity index (χ3n) is 2.54. The fourth-order valence-corrected chi connectivity index (χ4v) is 3.28. The van der Waals surface area contributed by atoms with Gasteiger partial charge in [-0.1, -0.05) is 31.9 Å². The number of hydrogen-bond acceptors (Lipinski definition) is 3. The zero-order chi connectivity index (χ0) is 17.3. The van der Waals surface area contributed by atoms with E-state index < -0.39 is 22.1 Å². The van der Waals surface area contributed by atoms with Gasteiger partial charge < -0.3 is 4.74 Å². The first-order valence-electron chi connectivity index (χ1n) is 5.90. The van der Waals surface area contributed by atoms with E-state index in [1.165, 1.54) is 36.4 Å². The second-order valence-corrected chi connectivity index (χ2v) is 7.76. The molecule has 0 aliphatic heterocycles. The number of anilines is 1. The molecule has 0 atom stereocenters. The average molecular weight is 475 g/mol. The van der Waals surface area contributed by atoms with E-state index >= 15 is 0 Å². The molecule has 2 aromatic rings. The summed E-state index contributed by atoms with van der Waals surface area (Å²) in [5, 5.41) is 0. The van der Waals surface area contributed by atoms with E-state index in [0.29, 0.717) is 8.95 Å². The Kier molecular flexibility index (Phi) is 5.27. The minimum atomic E-state index is -4.95. The van der Waals surface area contributed by atoms with Gasteiger partial charge in [0.1, 0.15) is 0 Å². The monoisotopic (exact) mass is 473 g/mol. The van der Waals surface area contributed by atoms with Crippen molar-refractivity contribution in [3.05, 3.63) is 51.4 Å². The SMILES string of the molecule is O=S(=O)(Nc1ccc(Br)cc1OC(F)(F)F)c1ccc(Br)cc1. The van der Waals surface area contributed by atoms with Crippen molar-refractivity contribution in [3.63, 3.8) is 0 Å². The minimum Gasteiger partial charge on any atom is -0.403 e. The number of benzene rings is 2. The molecule has 2 aromatic carbocycles. The first-order chi connectivity index (χ1) is 10.6. The van der Waals surface area contributed by atoms with Gasteiger partial charge in [0.15, 0.2) is 5.75 Å². The smallest absolute Gasteiger partial charge is 0.403 e. The summed E-state index contributed by atoms with van der Waals surface area (Å²) in [5.41, 5.74) is -0.326. The lowest BCUT2D eigenvalue weighted by atomic mass is 10.3. The van der Waals surface area contributed by atoms with Crippen molar-refractivity contribution in [1.82, 2.24) is 0 Å². The number of hydrogen-bond donors (Lipinski definition) is 1. The lowest BCUT2D eigenvalue weighted by molar-refractivity contribution is -0.274. The third-order valence-corrected chi connectivity index (χ3v) is 4.94. The van der Waals surface area contributed by atoms with E-state index in [-0.39, 0.29) is 10.6 Å². The summed E-state index contributed by atoms with van der Waals surface area (Å²) in [6, 6.07) is 9.22. The molecule has 0 aliphatic carbocycles. The Balaban J connectivity index is 2.37. The molecule has 0 amide bonds. The van der Waals surface area contributed by atoms with Gasteiger partial charge >= 0.3 is 6.36 Å². The van der Waals surface area contributed by atoms with Gasteiger partial charge in [-0.2, -0.15) is 0 Å². The second-order valence-electron chi connectivity index (χ2n) is 4.25. The van der Waals surface area contributed by atoms with E-state index in [4.69, 9.17) is 0 Å². The van der Waals surface area contributed by atoms with Crippen LogP contribution in [-0.2, 0) is 10.0 Å². The molecule has 0 spiro atoms. The van der Waals surface area contributed by atoms with Crippen molar-refractivity contribution in [2.24, 2.45) is 0 Å². The van der Waals surface area contributed by atoms with E-state index in [2.05, 4.69) is 41.3 Å². The van der Waals surface area contributed by atoms with Gasteiger partial charge in [0.05, 0.1) is 10.6 Å². The van der Waals surface area contributed by atoms with Gasteiger partial charge in [0.25, 0.3) is 10.0 Å². The van der Waals surface area contributed by atoms with Crippen LogP contribution in [0.1, 0.15) is 0 Å². The Bertz CT molecular complexity index is 808. The predicted octanol–water partition coefficient (Wildman–Crippen LogP) is 4.91. The molecular weight excluding hydrogens is 467 g/mol. The maximum absolute atomic E-state index is 12.4. The zero-order valence-corrected chi connectivity index (χ0v) is 15.1. The van der Waals surface area contributed by atoms with Crippen LogP contribution in [0.15, 0.2) is 56.3 Å². The highest BCUT2D eigenvalue weighted by atomic mass is 79.9. The first kappa shape index (κ1) is 18.1.